The molecule has 1 heterocycles. The Morgan fingerprint density at radius 1 is 0.778 bits per heavy atom. The van der Waals surface area contributed by atoms with Gasteiger partial charge in [-0.05, 0) is 17.7 Å². The summed E-state index contributed by atoms with van der Waals surface area (Å²) in [7, 11) is 0. The Hall–Kier alpha value is -3.66. The quantitative estimate of drug-likeness (QED) is 0.481. The summed E-state index contributed by atoms with van der Waals surface area (Å²) in [6, 6.07) is 25.8. The molecule has 27 heavy (non-hydrogen) atoms. The van der Waals surface area contributed by atoms with E-state index in [1.807, 2.05) is 60.7 Å². The lowest BCUT2D eigenvalue weighted by Gasteiger charge is -2.08. The maximum absolute atomic E-state index is 12.7. The molecule has 0 N–H and O–H groups in total. The Labute approximate surface area is 156 Å². The Kier molecular flexibility index (Phi) is 4.54. The number of hydrogen-bond acceptors (Lipinski definition) is 3. The fourth-order valence-corrected chi connectivity index (χ4v) is 2.97. The lowest BCUT2D eigenvalue weighted by Crippen LogP contribution is -2.12. The van der Waals surface area contributed by atoms with Gasteiger partial charge in [-0.3, -0.25) is 9.36 Å². The van der Waals surface area contributed by atoms with E-state index in [1.165, 1.54) is 4.57 Å². The standard InChI is InChI=1S/C23H17NO3/c25-22(19-9-5-2-6-10-19)20-12-11-18-13-14-24(21(18)15-20)23(26)27-16-17-7-3-1-4-8-17/h1-15H,16H2. The highest BCUT2D eigenvalue weighted by Gasteiger charge is 2.14. The highest BCUT2D eigenvalue weighted by atomic mass is 16.5. The molecule has 132 valence electrons. The van der Waals surface area contributed by atoms with Crippen LogP contribution in [0.2, 0.25) is 0 Å². The molecule has 0 aliphatic heterocycles. The number of nitrogens with zero attached hydrogens (tertiary/aromatic N) is 1. The minimum absolute atomic E-state index is 0.0806. The predicted octanol–water partition coefficient (Wildman–Crippen LogP) is 5.06. The van der Waals surface area contributed by atoms with E-state index in [0.29, 0.717) is 16.6 Å². The van der Waals surface area contributed by atoms with Crippen molar-refractivity contribution in [1.82, 2.24) is 4.57 Å². The van der Waals surface area contributed by atoms with Gasteiger partial charge >= 0.3 is 6.09 Å². The molecule has 0 saturated heterocycles. The molecule has 0 fully saturated rings. The molecule has 0 saturated carbocycles. The molecule has 3 aromatic carbocycles. The first-order chi connectivity index (χ1) is 13.2. The first-order valence-corrected chi connectivity index (χ1v) is 8.64. The fourth-order valence-electron chi connectivity index (χ4n) is 2.97. The van der Waals surface area contributed by atoms with E-state index < -0.39 is 6.09 Å². The van der Waals surface area contributed by atoms with Gasteiger partial charge in [0, 0.05) is 22.7 Å². The first-order valence-electron chi connectivity index (χ1n) is 8.64. The fraction of sp³-hybridized carbons (Fsp3) is 0.0435. The van der Waals surface area contributed by atoms with Gasteiger partial charge in [0.1, 0.15) is 6.61 Å². The zero-order valence-corrected chi connectivity index (χ0v) is 14.5. The molecular formula is C23H17NO3. The molecule has 4 rings (SSSR count). The Morgan fingerprint density at radius 2 is 1.48 bits per heavy atom. The molecule has 0 atom stereocenters. The number of rotatable bonds is 4. The number of aromatic nitrogens is 1. The van der Waals surface area contributed by atoms with Crippen LogP contribution in [0.25, 0.3) is 10.9 Å². The van der Waals surface area contributed by atoms with Crippen molar-refractivity contribution in [3.8, 4) is 0 Å². The summed E-state index contributed by atoms with van der Waals surface area (Å²) in [5, 5.41) is 0.872. The van der Waals surface area contributed by atoms with Crippen LogP contribution in [0.1, 0.15) is 21.5 Å². The van der Waals surface area contributed by atoms with Crippen LogP contribution in [0.5, 0.6) is 0 Å². The summed E-state index contributed by atoms with van der Waals surface area (Å²) in [6.07, 6.45) is 1.19. The summed E-state index contributed by atoms with van der Waals surface area (Å²) in [5.74, 6) is -0.0806. The van der Waals surface area contributed by atoms with Crippen molar-refractivity contribution >= 4 is 22.8 Å². The molecule has 0 amide bonds. The first kappa shape index (κ1) is 16.8. The monoisotopic (exact) mass is 355 g/mol. The zero-order valence-electron chi connectivity index (χ0n) is 14.5. The van der Waals surface area contributed by atoms with Crippen molar-refractivity contribution < 1.29 is 14.3 Å². The number of benzene rings is 3. The second-order valence-electron chi connectivity index (χ2n) is 6.19. The number of carbonyl (C=O) groups is 2. The van der Waals surface area contributed by atoms with Crippen molar-refractivity contribution in [3.05, 3.63) is 108 Å². The molecular weight excluding hydrogens is 338 g/mol. The van der Waals surface area contributed by atoms with E-state index in [2.05, 4.69) is 0 Å². The van der Waals surface area contributed by atoms with Gasteiger partial charge in [-0.15, -0.1) is 0 Å². The van der Waals surface area contributed by atoms with Gasteiger partial charge < -0.3 is 4.74 Å². The van der Waals surface area contributed by atoms with E-state index >= 15 is 0 Å². The molecule has 4 heteroatoms. The van der Waals surface area contributed by atoms with Crippen molar-refractivity contribution in [2.45, 2.75) is 6.61 Å². The highest BCUT2D eigenvalue weighted by Crippen LogP contribution is 2.20. The minimum Gasteiger partial charge on any atom is -0.444 e. The van der Waals surface area contributed by atoms with Gasteiger partial charge in [0.2, 0.25) is 0 Å². The molecule has 0 aliphatic carbocycles. The second-order valence-corrected chi connectivity index (χ2v) is 6.19. The predicted molar refractivity (Wildman–Crippen MR) is 104 cm³/mol. The van der Waals surface area contributed by atoms with Gasteiger partial charge in [0.05, 0.1) is 5.52 Å². The summed E-state index contributed by atoms with van der Waals surface area (Å²) >= 11 is 0. The van der Waals surface area contributed by atoms with Gasteiger partial charge in [-0.2, -0.15) is 0 Å². The average molecular weight is 355 g/mol. The average Bonchev–Trinajstić information content (AvgIpc) is 3.16. The number of hydrogen-bond donors (Lipinski definition) is 0. The number of ether oxygens (including phenoxy) is 1. The van der Waals surface area contributed by atoms with Crippen LogP contribution in [0.4, 0.5) is 4.79 Å². The van der Waals surface area contributed by atoms with Crippen LogP contribution >= 0.6 is 0 Å². The van der Waals surface area contributed by atoms with Crippen molar-refractivity contribution in [3.63, 3.8) is 0 Å². The Morgan fingerprint density at radius 3 is 2.22 bits per heavy atom. The molecule has 1 aromatic heterocycles. The Bertz CT molecular complexity index is 1100. The molecule has 4 aromatic rings. The molecule has 0 bridgehead atoms. The van der Waals surface area contributed by atoms with E-state index in [1.54, 1.807) is 30.5 Å². The third-order valence-corrected chi connectivity index (χ3v) is 4.39. The summed E-state index contributed by atoms with van der Waals surface area (Å²) in [6.45, 7) is 0.196. The van der Waals surface area contributed by atoms with Crippen molar-refractivity contribution in [1.29, 1.82) is 0 Å². The van der Waals surface area contributed by atoms with E-state index in [4.69, 9.17) is 4.74 Å². The van der Waals surface area contributed by atoms with Gasteiger partial charge in [0.15, 0.2) is 5.78 Å². The van der Waals surface area contributed by atoms with E-state index in [-0.39, 0.29) is 12.4 Å². The lowest BCUT2D eigenvalue weighted by molar-refractivity contribution is 0.103. The van der Waals surface area contributed by atoms with Crippen LogP contribution in [0, 0.1) is 0 Å². The lowest BCUT2D eigenvalue weighted by atomic mass is 10.0. The third-order valence-electron chi connectivity index (χ3n) is 4.39. The molecule has 4 nitrogen and oxygen atoms in total. The van der Waals surface area contributed by atoms with Crippen LogP contribution in [-0.2, 0) is 11.3 Å². The van der Waals surface area contributed by atoms with Gasteiger partial charge in [-0.25, -0.2) is 4.79 Å². The van der Waals surface area contributed by atoms with Crippen LogP contribution < -0.4 is 0 Å². The van der Waals surface area contributed by atoms with E-state index in [9.17, 15) is 9.59 Å². The number of ketones is 1. The van der Waals surface area contributed by atoms with Gasteiger partial charge in [0.25, 0.3) is 0 Å². The zero-order chi connectivity index (χ0) is 18.6. The smallest absolute Gasteiger partial charge is 0.418 e. The molecule has 0 radical (unpaired) electrons. The van der Waals surface area contributed by atoms with E-state index in [0.717, 1.165) is 10.9 Å². The van der Waals surface area contributed by atoms with Crippen molar-refractivity contribution in [2.75, 3.05) is 0 Å². The van der Waals surface area contributed by atoms with Crippen LogP contribution in [0.3, 0.4) is 0 Å². The summed E-state index contributed by atoms with van der Waals surface area (Å²) in [5.41, 5.74) is 2.71. The second kappa shape index (κ2) is 7.30. The van der Waals surface area contributed by atoms with Crippen LogP contribution in [-0.4, -0.2) is 16.4 Å². The minimum atomic E-state index is -0.474. The largest absolute Gasteiger partial charge is 0.444 e. The molecule has 0 aliphatic rings. The maximum atomic E-state index is 12.7. The number of carbonyl (C=O) groups excluding carboxylic acids is 2. The topological polar surface area (TPSA) is 48.3 Å². The molecule has 0 unspecified atom stereocenters. The SMILES string of the molecule is O=C(c1ccccc1)c1ccc2ccn(C(=O)OCc3ccccc3)c2c1. The van der Waals surface area contributed by atoms with Gasteiger partial charge in [-0.1, -0.05) is 72.8 Å². The summed E-state index contributed by atoms with van der Waals surface area (Å²) < 4.78 is 6.84. The van der Waals surface area contributed by atoms with Crippen LogP contribution in [0.15, 0.2) is 91.1 Å². The third kappa shape index (κ3) is 3.51. The molecule has 0 spiro atoms. The maximum Gasteiger partial charge on any atom is 0.418 e. The Balaban J connectivity index is 1.60. The van der Waals surface area contributed by atoms with Crippen molar-refractivity contribution in [2.24, 2.45) is 0 Å². The summed E-state index contributed by atoms with van der Waals surface area (Å²) in [4.78, 5) is 25.2. The number of fused-ring (bicyclic) bond motifs is 1. The normalized spacial score (nSPS) is 10.7. The highest BCUT2D eigenvalue weighted by molar-refractivity contribution is 6.10.